The average molecular weight is 440 g/mol. The summed E-state index contributed by atoms with van der Waals surface area (Å²) in [6, 6.07) is 18.3. The number of rotatable bonds is 6. The minimum atomic E-state index is -0.153. The van der Waals surface area contributed by atoms with Crippen LogP contribution in [0.2, 0.25) is 0 Å². The number of hydrogen-bond acceptors (Lipinski definition) is 4. The van der Waals surface area contributed by atoms with Crippen molar-refractivity contribution in [3.8, 4) is 11.1 Å². The van der Waals surface area contributed by atoms with Crippen molar-refractivity contribution in [2.45, 2.75) is 44.8 Å². The molecule has 6 nitrogen and oxygen atoms in total. The molecule has 0 aliphatic carbocycles. The number of benzene rings is 2. The molecule has 33 heavy (non-hydrogen) atoms. The third-order valence-corrected chi connectivity index (χ3v) is 6.46. The number of aryl methyl sites for hydroxylation is 1. The fraction of sp³-hybridized carbons (Fsp3) is 0.296. The molecule has 0 radical (unpaired) electrons. The molecule has 2 aromatic heterocycles. The smallest absolute Gasteiger partial charge is 0.271 e. The van der Waals surface area contributed by atoms with Gasteiger partial charge in [-0.25, -0.2) is 0 Å². The number of carbonyl (C=O) groups is 1. The molecule has 0 saturated carbocycles. The SMILES string of the molecule is CCn1cc(-c2cccc([C@H](NC(=O)c3nccc4ccccc34)[C@@H]3CCCCN3)c2)cn1. The molecule has 2 N–H and O–H groups in total. The number of nitrogens with zero attached hydrogens (tertiary/aromatic N) is 3. The number of piperidine rings is 1. The zero-order valence-corrected chi connectivity index (χ0v) is 18.9. The Hall–Kier alpha value is -3.51. The van der Waals surface area contributed by atoms with Crippen molar-refractivity contribution in [3.05, 3.63) is 84.4 Å². The maximum absolute atomic E-state index is 13.5. The fourth-order valence-corrected chi connectivity index (χ4v) is 4.69. The van der Waals surface area contributed by atoms with Crippen LogP contribution in [-0.2, 0) is 6.54 Å². The zero-order chi connectivity index (χ0) is 22.6. The first kappa shape index (κ1) is 21.3. The molecule has 1 saturated heterocycles. The monoisotopic (exact) mass is 439 g/mol. The zero-order valence-electron chi connectivity index (χ0n) is 18.9. The molecule has 0 bridgehead atoms. The summed E-state index contributed by atoms with van der Waals surface area (Å²) in [5, 5.41) is 13.3. The van der Waals surface area contributed by atoms with E-state index in [-0.39, 0.29) is 18.0 Å². The van der Waals surface area contributed by atoms with E-state index in [9.17, 15) is 4.79 Å². The topological polar surface area (TPSA) is 71.8 Å². The molecule has 3 heterocycles. The fourth-order valence-electron chi connectivity index (χ4n) is 4.69. The number of carbonyl (C=O) groups excluding carboxylic acids is 1. The third kappa shape index (κ3) is 4.52. The number of amides is 1. The Morgan fingerprint density at radius 3 is 2.88 bits per heavy atom. The lowest BCUT2D eigenvalue weighted by Crippen LogP contribution is -2.46. The van der Waals surface area contributed by atoms with Gasteiger partial charge in [0.05, 0.1) is 12.2 Å². The number of fused-ring (bicyclic) bond motifs is 1. The summed E-state index contributed by atoms with van der Waals surface area (Å²) in [4.78, 5) is 17.9. The number of hydrogen-bond donors (Lipinski definition) is 2. The van der Waals surface area contributed by atoms with Crippen molar-refractivity contribution in [2.75, 3.05) is 6.54 Å². The van der Waals surface area contributed by atoms with E-state index in [1.807, 2.05) is 41.2 Å². The van der Waals surface area contributed by atoms with Gasteiger partial charge in [0.1, 0.15) is 5.69 Å². The Morgan fingerprint density at radius 2 is 2.06 bits per heavy atom. The van der Waals surface area contributed by atoms with Crippen LogP contribution in [0.5, 0.6) is 0 Å². The van der Waals surface area contributed by atoms with Crippen molar-refractivity contribution >= 4 is 16.7 Å². The lowest BCUT2D eigenvalue weighted by molar-refractivity contribution is 0.0919. The van der Waals surface area contributed by atoms with Crippen LogP contribution in [0.25, 0.3) is 21.9 Å². The summed E-state index contributed by atoms with van der Waals surface area (Å²) in [6.07, 6.45) is 9.00. The van der Waals surface area contributed by atoms with Crippen LogP contribution < -0.4 is 10.6 Å². The standard InChI is InChI=1S/C27H29N5O/c1-2-32-18-22(17-30-32)20-9-7-10-21(16-20)25(24-12-5-6-14-28-24)31-27(33)26-23-11-4-3-8-19(23)13-15-29-26/h3-4,7-11,13,15-18,24-25,28H,2,5-6,12,14H2,1H3,(H,31,33)/t24-,25-/m0/s1. The van der Waals surface area contributed by atoms with Crippen molar-refractivity contribution in [2.24, 2.45) is 0 Å². The van der Waals surface area contributed by atoms with Crippen molar-refractivity contribution < 1.29 is 4.79 Å². The van der Waals surface area contributed by atoms with Crippen LogP contribution in [0.3, 0.4) is 0 Å². The van der Waals surface area contributed by atoms with E-state index >= 15 is 0 Å². The van der Waals surface area contributed by atoms with E-state index < -0.39 is 0 Å². The largest absolute Gasteiger partial charge is 0.342 e. The molecule has 0 spiro atoms. The van der Waals surface area contributed by atoms with Gasteiger partial charge in [-0.2, -0.15) is 5.10 Å². The van der Waals surface area contributed by atoms with Gasteiger partial charge in [0.25, 0.3) is 5.91 Å². The Morgan fingerprint density at radius 1 is 1.15 bits per heavy atom. The summed E-state index contributed by atoms with van der Waals surface area (Å²) < 4.78 is 1.93. The highest BCUT2D eigenvalue weighted by molar-refractivity contribution is 6.05. The van der Waals surface area contributed by atoms with Crippen LogP contribution in [-0.4, -0.2) is 33.3 Å². The summed E-state index contributed by atoms with van der Waals surface area (Å²) >= 11 is 0. The van der Waals surface area contributed by atoms with E-state index in [0.29, 0.717) is 5.69 Å². The molecular formula is C27H29N5O. The summed E-state index contributed by atoms with van der Waals surface area (Å²) in [7, 11) is 0. The minimum Gasteiger partial charge on any atom is -0.342 e. The second-order valence-electron chi connectivity index (χ2n) is 8.60. The Labute approximate surface area is 194 Å². The van der Waals surface area contributed by atoms with E-state index in [1.165, 1.54) is 0 Å². The molecule has 168 valence electrons. The Bertz CT molecular complexity index is 1250. The molecule has 2 atom stereocenters. The van der Waals surface area contributed by atoms with Gasteiger partial charge in [-0.05, 0) is 55.0 Å². The molecular weight excluding hydrogens is 410 g/mol. The molecule has 5 rings (SSSR count). The van der Waals surface area contributed by atoms with E-state index in [0.717, 1.165) is 59.8 Å². The van der Waals surface area contributed by atoms with Gasteiger partial charge < -0.3 is 10.6 Å². The van der Waals surface area contributed by atoms with E-state index in [4.69, 9.17) is 0 Å². The van der Waals surface area contributed by atoms with Gasteiger partial charge in [-0.3, -0.25) is 14.5 Å². The maximum atomic E-state index is 13.5. The van der Waals surface area contributed by atoms with Gasteiger partial charge in [0, 0.05) is 35.9 Å². The maximum Gasteiger partial charge on any atom is 0.271 e. The minimum absolute atomic E-state index is 0.145. The van der Waals surface area contributed by atoms with Gasteiger partial charge in [0.2, 0.25) is 0 Å². The number of aromatic nitrogens is 3. The third-order valence-electron chi connectivity index (χ3n) is 6.46. The normalized spacial score (nSPS) is 17.1. The van der Waals surface area contributed by atoms with Crippen molar-refractivity contribution in [1.82, 2.24) is 25.4 Å². The molecule has 1 fully saturated rings. The first-order chi connectivity index (χ1) is 16.2. The first-order valence-electron chi connectivity index (χ1n) is 11.7. The van der Waals surface area contributed by atoms with Crippen molar-refractivity contribution in [1.29, 1.82) is 0 Å². The lowest BCUT2D eigenvalue weighted by Gasteiger charge is -2.32. The summed E-state index contributed by atoms with van der Waals surface area (Å²) in [5.41, 5.74) is 3.74. The molecule has 0 unspecified atom stereocenters. The van der Waals surface area contributed by atoms with Crippen LogP contribution in [0.4, 0.5) is 0 Å². The predicted octanol–water partition coefficient (Wildman–Crippen LogP) is 4.73. The summed E-state index contributed by atoms with van der Waals surface area (Å²) in [6.45, 7) is 3.88. The lowest BCUT2D eigenvalue weighted by atomic mass is 9.91. The molecule has 1 aliphatic heterocycles. The molecule has 2 aromatic carbocycles. The van der Waals surface area contributed by atoms with Gasteiger partial charge >= 0.3 is 0 Å². The average Bonchev–Trinajstić information content (AvgIpc) is 3.37. The second-order valence-corrected chi connectivity index (χ2v) is 8.60. The van der Waals surface area contributed by atoms with Gasteiger partial charge in [-0.1, -0.05) is 48.9 Å². The first-order valence-corrected chi connectivity index (χ1v) is 11.7. The molecule has 1 aliphatic rings. The highest BCUT2D eigenvalue weighted by Gasteiger charge is 2.28. The quantitative estimate of drug-likeness (QED) is 0.456. The second kappa shape index (κ2) is 9.55. The highest BCUT2D eigenvalue weighted by Crippen LogP contribution is 2.28. The predicted molar refractivity (Wildman–Crippen MR) is 131 cm³/mol. The number of pyridine rings is 1. The van der Waals surface area contributed by atoms with Gasteiger partial charge in [0.15, 0.2) is 0 Å². The van der Waals surface area contributed by atoms with Crippen LogP contribution in [0, 0.1) is 0 Å². The molecule has 6 heteroatoms. The van der Waals surface area contributed by atoms with Crippen molar-refractivity contribution in [3.63, 3.8) is 0 Å². The van der Waals surface area contributed by atoms with E-state index in [2.05, 4.69) is 58.1 Å². The van der Waals surface area contributed by atoms with Crippen LogP contribution in [0.15, 0.2) is 73.2 Å². The Kier molecular flexibility index (Phi) is 6.17. The summed E-state index contributed by atoms with van der Waals surface area (Å²) in [5.74, 6) is -0.145. The number of nitrogens with one attached hydrogen (secondary N) is 2. The van der Waals surface area contributed by atoms with Gasteiger partial charge in [-0.15, -0.1) is 0 Å². The molecule has 1 amide bonds. The van der Waals surface area contributed by atoms with Crippen LogP contribution in [0.1, 0.15) is 48.3 Å². The van der Waals surface area contributed by atoms with Crippen LogP contribution >= 0.6 is 0 Å². The Balaban J connectivity index is 1.49. The highest BCUT2D eigenvalue weighted by atomic mass is 16.2. The molecule has 4 aromatic rings. The van der Waals surface area contributed by atoms with E-state index in [1.54, 1.807) is 6.20 Å².